The van der Waals surface area contributed by atoms with Crippen molar-refractivity contribution in [3.63, 3.8) is 0 Å². The summed E-state index contributed by atoms with van der Waals surface area (Å²) in [6, 6.07) is 5.16. The van der Waals surface area contributed by atoms with Gasteiger partial charge in [-0.3, -0.25) is 9.59 Å². The number of hydrogen-bond donors (Lipinski definition) is 1. The van der Waals surface area contributed by atoms with Crippen LogP contribution < -0.4 is 5.32 Å². The van der Waals surface area contributed by atoms with Gasteiger partial charge in [0.25, 0.3) is 5.91 Å². The Morgan fingerprint density at radius 3 is 2.82 bits per heavy atom. The van der Waals surface area contributed by atoms with Crippen molar-refractivity contribution in [2.45, 2.75) is 37.6 Å². The maximum atomic E-state index is 14.1. The smallest absolute Gasteiger partial charge is 0.262 e. The molecule has 1 aromatic carbocycles. The van der Waals surface area contributed by atoms with Gasteiger partial charge in [0.2, 0.25) is 5.91 Å². The quantitative estimate of drug-likeness (QED) is 0.633. The molecule has 1 fully saturated rings. The lowest BCUT2D eigenvalue weighted by atomic mass is 9.56. The van der Waals surface area contributed by atoms with E-state index in [9.17, 15) is 9.59 Å². The van der Waals surface area contributed by atoms with E-state index >= 15 is 0 Å². The van der Waals surface area contributed by atoms with E-state index in [1.54, 1.807) is 13.1 Å². The first-order valence-electron chi connectivity index (χ1n) is 11.2. The molecule has 4 aliphatic rings. The van der Waals surface area contributed by atoms with Gasteiger partial charge in [-0.2, -0.15) is 5.10 Å². The van der Waals surface area contributed by atoms with E-state index in [0.717, 1.165) is 22.0 Å². The minimum absolute atomic E-state index is 0.0230. The Bertz CT molecular complexity index is 1160. The van der Waals surface area contributed by atoms with Gasteiger partial charge in [0.15, 0.2) is 0 Å². The molecule has 1 unspecified atom stereocenters. The number of rotatable bonds is 3. The average molecular weight is 485 g/mol. The molecule has 172 valence electrons. The van der Waals surface area contributed by atoms with Crippen LogP contribution in [0.3, 0.4) is 0 Å². The highest BCUT2D eigenvalue weighted by Gasteiger charge is 2.64. The molecule has 3 aliphatic heterocycles. The third-order valence-electron chi connectivity index (χ3n) is 7.47. The summed E-state index contributed by atoms with van der Waals surface area (Å²) in [5.41, 5.74) is 1.55. The third-order valence-corrected chi connectivity index (χ3v) is 7.98. The Balaban J connectivity index is 1.77. The first-order valence-corrected chi connectivity index (χ1v) is 12.0. The van der Waals surface area contributed by atoms with Crippen LogP contribution in [0.2, 0.25) is 5.02 Å². The zero-order valence-corrected chi connectivity index (χ0v) is 20.2. The predicted molar refractivity (Wildman–Crippen MR) is 131 cm³/mol. The van der Waals surface area contributed by atoms with Crippen molar-refractivity contribution in [1.82, 2.24) is 9.91 Å². The average Bonchev–Trinajstić information content (AvgIpc) is 3.05. The molecule has 4 atom stereocenters. The SMILES string of the molecule is C=C(CC)[C@H]1N2CC(=O)N(C)N=C2C[C@@H](C2C=CC=C(Cl)C2)[C@]12C(=O)Nc1cc(Cl)ccc12. The Hall–Kier alpha value is -2.57. The maximum Gasteiger partial charge on any atom is 0.262 e. The number of benzene rings is 1. The molecule has 6 nitrogen and oxygen atoms in total. The van der Waals surface area contributed by atoms with Crippen molar-refractivity contribution in [3.05, 3.63) is 64.2 Å². The second kappa shape index (κ2) is 8.03. The molecule has 2 amide bonds. The number of amides is 2. The number of likely N-dealkylation sites (N-methyl/N-ethyl adjacent to an activating group) is 1. The van der Waals surface area contributed by atoms with Gasteiger partial charge < -0.3 is 10.2 Å². The molecule has 5 rings (SSSR count). The zero-order valence-electron chi connectivity index (χ0n) is 18.6. The van der Waals surface area contributed by atoms with Crippen molar-refractivity contribution >= 4 is 46.5 Å². The topological polar surface area (TPSA) is 65.0 Å². The van der Waals surface area contributed by atoms with Gasteiger partial charge in [0, 0.05) is 29.2 Å². The Labute approximate surface area is 203 Å². The molecule has 0 bridgehead atoms. The molecule has 8 heteroatoms. The summed E-state index contributed by atoms with van der Waals surface area (Å²) in [7, 11) is 1.68. The highest BCUT2D eigenvalue weighted by molar-refractivity contribution is 6.31. The van der Waals surface area contributed by atoms with Gasteiger partial charge in [-0.15, -0.1) is 0 Å². The van der Waals surface area contributed by atoms with Crippen molar-refractivity contribution in [2.75, 3.05) is 18.9 Å². The van der Waals surface area contributed by atoms with Crippen LogP contribution >= 0.6 is 23.2 Å². The van der Waals surface area contributed by atoms with E-state index in [1.165, 1.54) is 5.01 Å². The number of hydrazone groups is 1. The van der Waals surface area contributed by atoms with E-state index < -0.39 is 11.5 Å². The minimum atomic E-state index is -0.953. The molecule has 33 heavy (non-hydrogen) atoms. The molecule has 1 spiro atoms. The standard InChI is InChI=1S/C25H26Cl2N4O2/c1-4-14(2)23-25(18-9-8-17(27)11-20(18)28-24(25)33)19(15-6-5-7-16(26)10-15)12-21-29-30(3)22(32)13-31(21)23/h5-9,11,15,19,23H,2,4,10,12-13H2,1,3H3,(H,28,33)/t15?,19-,23+,25-/m0/s1. The van der Waals surface area contributed by atoms with Crippen LogP contribution in [0.15, 0.2) is 58.7 Å². The van der Waals surface area contributed by atoms with Crippen molar-refractivity contribution in [3.8, 4) is 0 Å². The molecule has 0 saturated carbocycles. The number of anilines is 1. The van der Waals surface area contributed by atoms with Crippen molar-refractivity contribution in [2.24, 2.45) is 16.9 Å². The Morgan fingerprint density at radius 1 is 1.30 bits per heavy atom. The summed E-state index contributed by atoms with van der Waals surface area (Å²) >= 11 is 12.8. The van der Waals surface area contributed by atoms with E-state index in [4.69, 9.17) is 23.2 Å². The van der Waals surface area contributed by atoms with Gasteiger partial charge in [-0.25, -0.2) is 5.01 Å². The van der Waals surface area contributed by atoms with E-state index in [-0.39, 0.29) is 30.2 Å². The fourth-order valence-corrected chi connectivity index (χ4v) is 6.39. The van der Waals surface area contributed by atoms with E-state index in [0.29, 0.717) is 30.0 Å². The fourth-order valence-electron chi connectivity index (χ4n) is 5.96. The molecule has 1 saturated heterocycles. The number of nitrogens with one attached hydrogen (secondary N) is 1. The minimum Gasteiger partial charge on any atom is -0.341 e. The molecule has 1 N–H and O–H groups in total. The van der Waals surface area contributed by atoms with E-state index in [1.807, 2.05) is 36.1 Å². The number of nitrogens with zero attached hydrogens (tertiary/aromatic N) is 3. The van der Waals surface area contributed by atoms with Crippen LogP contribution in [-0.4, -0.2) is 47.2 Å². The Kier molecular flexibility index (Phi) is 5.41. The molecule has 1 aromatic rings. The summed E-state index contributed by atoms with van der Waals surface area (Å²) < 4.78 is 0. The third kappa shape index (κ3) is 3.26. The second-order valence-corrected chi connectivity index (χ2v) is 10.1. The number of piperidine rings is 1. The summed E-state index contributed by atoms with van der Waals surface area (Å²) in [5.74, 6) is 0.494. The molecular formula is C25H26Cl2N4O2. The summed E-state index contributed by atoms with van der Waals surface area (Å²) in [6.45, 7) is 6.58. The zero-order chi connectivity index (χ0) is 23.5. The number of amidine groups is 1. The summed E-state index contributed by atoms with van der Waals surface area (Å²) in [6.07, 6.45) is 7.86. The first-order chi connectivity index (χ1) is 15.8. The van der Waals surface area contributed by atoms with Gasteiger partial charge in [-0.1, -0.05) is 60.5 Å². The van der Waals surface area contributed by atoms with Gasteiger partial charge in [-0.05, 0) is 48.4 Å². The molecule has 0 radical (unpaired) electrons. The number of allylic oxidation sites excluding steroid dienone is 4. The number of fused-ring (bicyclic) bond motifs is 3. The number of carbonyl (C=O) groups is 2. The molecule has 3 heterocycles. The summed E-state index contributed by atoms with van der Waals surface area (Å²) in [4.78, 5) is 28.8. The maximum absolute atomic E-state index is 14.1. The number of hydrogen-bond acceptors (Lipinski definition) is 4. The lowest BCUT2D eigenvalue weighted by Gasteiger charge is -2.55. The highest BCUT2D eigenvalue weighted by atomic mass is 35.5. The number of halogens is 2. The Morgan fingerprint density at radius 2 is 2.09 bits per heavy atom. The lowest BCUT2D eigenvalue weighted by Crippen LogP contribution is -2.68. The van der Waals surface area contributed by atoms with Gasteiger partial charge >= 0.3 is 0 Å². The van der Waals surface area contributed by atoms with Crippen LogP contribution in [-0.2, 0) is 15.0 Å². The van der Waals surface area contributed by atoms with Crippen LogP contribution in [0.4, 0.5) is 5.69 Å². The first kappa shape index (κ1) is 22.2. The normalized spacial score (nSPS) is 30.6. The predicted octanol–water partition coefficient (Wildman–Crippen LogP) is 4.67. The van der Waals surface area contributed by atoms with E-state index in [2.05, 4.69) is 23.1 Å². The molecule has 1 aliphatic carbocycles. The second-order valence-electron chi connectivity index (χ2n) is 9.17. The molecule has 0 aromatic heterocycles. The van der Waals surface area contributed by atoms with Crippen molar-refractivity contribution < 1.29 is 9.59 Å². The number of carbonyl (C=O) groups excluding carboxylic acids is 2. The van der Waals surface area contributed by atoms with Crippen LogP contribution in [0, 0.1) is 11.8 Å². The highest BCUT2D eigenvalue weighted by Crippen LogP contribution is 2.57. The van der Waals surface area contributed by atoms with Crippen molar-refractivity contribution in [1.29, 1.82) is 0 Å². The van der Waals surface area contributed by atoms with Gasteiger partial charge in [0.1, 0.15) is 17.8 Å². The molecular weight excluding hydrogens is 459 g/mol. The van der Waals surface area contributed by atoms with Crippen LogP contribution in [0.5, 0.6) is 0 Å². The van der Waals surface area contributed by atoms with Crippen LogP contribution in [0.25, 0.3) is 0 Å². The fraction of sp³-hybridized carbons (Fsp3) is 0.400. The monoisotopic (exact) mass is 484 g/mol. The largest absolute Gasteiger partial charge is 0.341 e. The van der Waals surface area contributed by atoms with Crippen LogP contribution in [0.1, 0.15) is 31.7 Å². The summed E-state index contributed by atoms with van der Waals surface area (Å²) in [5, 5.41) is 10.5. The lowest BCUT2D eigenvalue weighted by molar-refractivity contribution is -0.135. The van der Waals surface area contributed by atoms with Gasteiger partial charge in [0.05, 0.1) is 6.04 Å².